The van der Waals surface area contributed by atoms with Crippen LogP contribution in [0.4, 0.5) is 21.5 Å². The maximum absolute atomic E-state index is 13.2. The average Bonchev–Trinajstić information content (AvgIpc) is 2.59. The number of halogens is 1. The largest absolute Gasteiger partial charge is 0.350 e. The summed E-state index contributed by atoms with van der Waals surface area (Å²) in [4.78, 5) is 25.8. The molecule has 0 aliphatic rings. The summed E-state index contributed by atoms with van der Waals surface area (Å²) in [7, 11) is 0. The van der Waals surface area contributed by atoms with Crippen LogP contribution < -0.4 is 11.0 Å². The lowest BCUT2D eigenvalue weighted by molar-refractivity contribution is -0.384. The second-order valence-corrected chi connectivity index (χ2v) is 5.27. The second kappa shape index (κ2) is 6.91. The van der Waals surface area contributed by atoms with Crippen molar-refractivity contribution in [3.8, 4) is 0 Å². The van der Waals surface area contributed by atoms with E-state index >= 15 is 0 Å². The van der Waals surface area contributed by atoms with Gasteiger partial charge in [0.2, 0.25) is 0 Å². The molecule has 0 saturated heterocycles. The minimum atomic E-state index is -0.679. The van der Waals surface area contributed by atoms with Crippen LogP contribution in [0, 0.1) is 15.9 Å². The number of nitro groups is 1. The molecule has 0 aliphatic carbocycles. The molecule has 3 rings (SSSR count). The highest BCUT2D eigenvalue weighted by atomic mass is 19.1. The lowest BCUT2D eigenvalue weighted by Crippen LogP contribution is -2.21. The van der Waals surface area contributed by atoms with E-state index in [0.29, 0.717) is 12.2 Å². The molecule has 126 valence electrons. The Morgan fingerprint density at radius 2 is 2.04 bits per heavy atom. The SMILES string of the molecule is O=c1ncccn1Cc1cccc(Nc2ccc(F)cc2[N+](=O)[O-])c1. The molecule has 0 amide bonds. The van der Waals surface area contributed by atoms with Crippen molar-refractivity contribution in [1.82, 2.24) is 9.55 Å². The van der Waals surface area contributed by atoms with E-state index < -0.39 is 10.7 Å². The highest BCUT2D eigenvalue weighted by molar-refractivity contribution is 5.69. The van der Waals surface area contributed by atoms with Crippen molar-refractivity contribution in [3.05, 3.63) is 92.9 Å². The first-order valence-corrected chi connectivity index (χ1v) is 7.34. The van der Waals surface area contributed by atoms with E-state index in [1.807, 2.05) is 6.07 Å². The number of anilines is 2. The summed E-state index contributed by atoms with van der Waals surface area (Å²) >= 11 is 0. The van der Waals surface area contributed by atoms with Gasteiger partial charge in [-0.25, -0.2) is 14.2 Å². The summed E-state index contributed by atoms with van der Waals surface area (Å²) in [6.45, 7) is 0.313. The molecule has 25 heavy (non-hydrogen) atoms. The zero-order valence-corrected chi connectivity index (χ0v) is 12.9. The number of hydrogen-bond acceptors (Lipinski definition) is 5. The number of benzene rings is 2. The fourth-order valence-corrected chi connectivity index (χ4v) is 2.37. The van der Waals surface area contributed by atoms with Gasteiger partial charge in [0.1, 0.15) is 11.5 Å². The Morgan fingerprint density at radius 1 is 1.20 bits per heavy atom. The van der Waals surface area contributed by atoms with Crippen molar-refractivity contribution in [2.45, 2.75) is 6.54 Å². The summed E-state index contributed by atoms with van der Waals surface area (Å²) in [6, 6.07) is 12.0. The molecule has 0 bridgehead atoms. The molecular weight excluding hydrogens is 327 g/mol. The van der Waals surface area contributed by atoms with Gasteiger partial charge >= 0.3 is 5.69 Å². The average molecular weight is 340 g/mol. The smallest absolute Gasteiger partial charge is 0.347 e. The first kappa shape index (κ1) is 16.3. The van der Waals surface area contributed by atoms with Crippen molar-refractivity contribution in [1.29, 1.82) is 0 Å². The molecule has 0 aliphatic heterocycles. The van der Waals surface area contributed by atoms with Crippen molar-refractivity contribution >= 4 is 17.1 Å². The number of hydrogen-bond donors (Lipinski definition) is 1. The van der Waals surface area contributed by atoms with Gasteiger partial charge in [-0.3, -0.25) is 14.7 Å². The van der Waals surface area contributed by atoms with Crippen LogP contribution in [0.2, 0.25) is 0 Å². The quantitative estimate of drug-likeness (QED) is 0.569. The van der Waals surface area contributed by atoms with E-state index in [1.54, 1.807) is 30.5 Å². The van der Waals surface area contributed by atoms with Crippen LogP contribution in [-0.2, 0) is 6.54 Å². The number of nitro benzene ring substituents is 1. The summed E-state index contributed by atoms with van der Waals surface area (Å²) in [5, 5.41) is 14.0. The standard InChI is InChI=1S/C17H13FN4O3/c18-13-5-6-15(16(10-13)22(24)25)20-14-4-1-3-12(9-14)11-21-8-2-7-19-17(21)23/h1-10,20H,11H2. The first-order valence-electron chi connectivity index (χ1n) is 7.34. The Morgan fingerprint density at radius 3 is 2.80 bits per heavy atom. The van der Waals surface area contributed by atoms with Crippen molar-refractivity contribution in [3.63, 3.8) is 0 Å². The highest BCUT2D eigenvalue weighted by Gasteiger charge is 2.15. The first-order chi connectivity index (χ1) is 12.0. The van der Waals surface area contributed by atoms with E-state index in [9.17, 15) is 19.3 Å². The van der Waals surface area contributed by atoms with Gasteiger partial charge in [-0.1, -0.05) is 12.1 Å². The summed E-state index contributed by atoms with van der Waals surface area (Å²) in [6.07, 6.45) is 3.05. The van der Waals surface area contributed by atoms with Gasteiger partial charge in [-0.05, 0) is 35.9 Å². The van der Waals surface area contributed by atoms with Crippen LogP contribution in [0.1, 0.15) is 5.56 Å². The Kier molecular flexibility index (Phi) is 4.51. The van der Waals surface area contributed by atoms with Gasteiger partial charge in [0.25, 0.3) is 5.69 Å². The van der Waals surface area contributed by atoms with Crippen molar-refractivity contribution in [2.75, 3.05) is 5.32 Å². The minimum Gasteiger partial charge on any atom is -0.350 e. The predicted octanol–water partition coefficient (Wildman–Crippen LogP) is 3.08. The van der Waals surface area contributed by atoms with Crippen LogP contribution >= 0.6 is 0 Å². The minimum absolute atomic E-state index is 0.182. The fourth-order valence-electron chi connectivity index (χ4n) is 2.37. The molecule has 0 fully saturated rings. The molecule has 0 spiro atoms. The van der Waals surface area contributed by atoms with Crippen LogP contribution in [0.25, 0.3) is 0 Å². The van der Waals surface area contributed by atoms with Crippen molar-refractivity contribution in [2.24, 2.45) is 0 Å². The number of aromatic nitrogens is 2. The number of rotatable bonds is 5. The van der Waals surface area contributed by atoms with Crippen LogP contribution in [0.5, 0.6) is 0 Å². The Labute approximate surface area is 141 Å². The maximum Gasteiger partial charge on any atom is 0.347 e. The second-order valence-electron chi connectivity index (χ2n) is 5.27. The van der Waals surface area contributed by atoms with E-state index in [1.165, 1.54) is 16.8 Å². The maximum atomic E-state index is 13.2. The molecule has 0 radical (unpaired) electrons. The molecule has 0 saturated carbocycles. The fraction of sp³-hybridized carbons (Fsp3) is 0.0588. The number of nitrogens with one attached hydrogen (secondary N) is 1. The molecule has 1 aromatic heterocycles. The van der Waals surface area contributed by atoms with Gasteiger partial charge in [-0.2, -0.15) is 0 Å². The van der Waals surface area contributed by atoms with E-state index in [4.69, 9.17) is 0 Å². The predicted molar refractivity (Wildman–Crippen MR) is 90.4 cm³/mol. The lowest BCUT2D eigenvalue weighted by Gasteiger charge is -2.10. The molecule has 0 unspecified atom stereocenters. The Hall–Kier alpha value is -3.55. The van der Waals surface area contributed by atoms with Crippen LogP contribution in [-0.4, -0.2) is 14.5 Å². The van der Waals surface area contributed by atoms with Gasteiger partial charge < -0.3 is 5.32 Å². The third-order valence-electron chi connectivity index (χ3n) is 3.50. The van der Waals surface area contributed by atoms with Gasteiger partial charge in [0, 0.05) is 18.1 Å². The van der Waals surface area contributed by atoms with E-state index in [-0.39, 0.29) is 17.1 Å². The van der Waals surface area contributed by atoms with E-state index in [0.717, 1.165) is 17.7 Å². The topological polar surface area (TPSA) is 90.1 Å². The Bertz CT molecular complexity index is 987. The van der Waals surface area contributed by atoms with Gasteiger partial charge in [0.15, 0.2) is 0 Å². The summed E-state index contributed by atoms with van der Waals surface area (Å²) in [5.41, 5.74) is 0.861. The summed E-state index contributed by atoms with van der Waals surface area (Å²) in [5.74, 6) is -0.679. The molecule has 2 aromatic carbocycles. The Balaban J connectivity index is 1.87. The van der Waals surface area contributed by atoms with Crippen molar-refractivity contribution < 1.29 is 9.31 Å². The zero-order chi connectivity index (χ0) is 17.8. The lowest BCUT2D eigenvalue weighted by atomic mass is 10.2. The summed E-state index contributed by atoms with van der Waals surface area (Å²) < 4.78 is 14.7. The number of nitrogens with zero attached hydrogens (tertiary/aromatic N) is 3. The normalized spacial score (nSPS) is 10.4. The zero-order valence-electron chi connectivity index (χ0n) is 12.9. The third kappa shape index (κ3) is 3.86. The van der Waals surface area contributed by atoms with Gasteiger partial charge in [-0.15, -0.1) is 0 Å². The molecular formula is C17H13FN4O3. The molecule has 8 heteroatoms. The van der Waals surface area contributed by atoms with Gasteiger partial charge in [0.05, 0.1) is 17.5 Å². The monoisotopic (exact) mass is 340 g/mol. The molecule has 0 atom stereocenters. The molecule has 1 N–H and O–H groups in total. The highest BCUT2D eigenvalue weighted by Crippen LogP contribution is 2.28. The molecule has 7 nitrogen and oxygen atoms in total. The molecule has 3 aromatic rings. The van der Waals surface area contributed by atoms with Crippen LogP contribution in [0.3, 0.4) is 0 Å². The van der Waals surface area contributed by atoms with E-state index in [2.05, 4.69) is 10.3 Å². The van der Waals surface area contributed by atoms with Crippen LogP contribution in [0.15, 0.2) is 65.7 Å². The third-order valence-corrected chi connectivity index (χ3v) is 3.50. The molecule has 1 heterocycles.